The zero-order valence-corrected chi connectivity index (χ0v) is 28.1. The van der Waals surface area contributed by atoms with Gasteiger partial charge in [-0.25, -0.2) is 9.98 Å². The van der Waals surface area contributed by atoms with Crippen LogP contribution in [0, 0.1) is 11.8 Å². The van der Waals surface area contributed by atoms with Gasteiger partial charge in [-0.2, -0.15) is 0 Å². The smallest absolute Gasteiger partial charge is 0.877 e. The van der Waals surface area contributed by atoms with Gasteiger partial charge in [-0.3, -0.25) is 4.99 Å². The maximum absolute atomic E-state index is 13.0. The number of fused-ring (bicyclic) bond motifs is 5. The number of aromatic nitrogens is 1. The first-order valence-corrected chi connectivity index (χ1v) is 16.3. The second-order valence-corrected chi connectivity index (χ2v) is 11.5. The first-order valence-electron chi connectivity index (χ1n) is 16.3. The molecule has 0 amide bonds. The predicted molar refractivity (Wildman–Crippen MR) is 176 cm³/mol. The zero-order valence-electron chi connectivity index (χ0n) is 27.1. The molecule has 8 bridgehead atoms. The Kier molecular flexibility index (Phi) is 10.5. The van der Waals surface area contributed by atoms with E-state index in [2.05, 4.69) is 73.6 Å². The molecule has 5 nitrogen and oxygen atoms in total. The molecule has 4 aliphatic heterocycles. The average Bonchev–Trinajstić information content (AvgIpc) is 3.72. The van der Waals surface area contributed by atoms with Crippen LogP contribution in [0.5, 0.6) is 0 Å². The number of aliphatic imine (C=N–C) groups is 3. The molecule has 5 rings (SSSR count). The number of allylic oxidation sites excluding steroid dienone is 8. The molecule has 2 unspecified atom stereocenters. The summed E-state index contributed by atoms with van der Waals surface area (Å²) in [4.78, 5) is 21.0. The average molecular weight is 621 g/mol. The van der Waals surface area contributed by atoms with Crippen LogP contribution in [0.4, 0.5) is 0 Å². The van der Waals surface area contributed by atoms with Crippen molar-refractivity contribution in [3.63, 3.8) is 0 Å². The van der Waals surface area contributed by atoms with Gasteiger partial charge in [0.2, 0.25) is 0 Å². The third-order valence-electron chi connectivity index (χ3n) is 9.59. The third kappa shape index (κ3) is 5.46. The summed E-state index contributed by atoms with van der Waals surface area (Å²) in [5.74, 6) is 0.411. The molecule has 6 heteroatoms. The van der Waals surface area contributed by atoms with Gasteiger partial charge in [0.25, 0.3) is 0 Å². The largest absolute Gasteiger partial charge is 2.00 e. The third-order valence-corrected chi connectivity index (χ3v) is 9.59. The van der Waals surface area contributed by atoms with E-state index in [9.17, 15) is 5.11 Å². The van der Waals surface area contributed by atoms with Crippen molar-refractivity contribution in [1.82, 2.24) is 4.98 Å². The van der Waals surface area contributed by atoms with Gasteiger partial charge in [-0.15, -0.1) is 17.6 Å². The Morgan fingerprint density at radius 1 is 0.651 bits per heavy atom. The molecule has 0 saturated carbocycles. The Morgan fingerprint density at radius 2 is 1.19 bits per heavy atom. The molecule has 0 fully saturated rings. The van der Waals surface area contributed by atoms with E-state index >= 15 is 0 Å². The Labute approximate surface area is 268 Å². The molecule has 43 heavy (non-hydrogen) atoms. The van der Waals surface area contributed by atoms with Gasteiger partial charge in [-0.05, 0) is 91.4 Å². The van der Waals surface area contributed by atoms with Gasteiger partial charge in [0.1, 0.15) is 0 Å². The van der Waals surface area contributed by atoms with Gasteiger partial charge >= 0.3 is 16.5 Å². The minimum Gasteiger partial charge on any atom is -0.877 e. The molecule has 2 atom stereocenters. The number of hydrogen-bond acceptors (Lipinski definition) is 4. The number of rotatable bonds is 8. The van der Waals surface area contributed by atoms with Gasteiger partial charge in [0.15, 0.2) is 0 Å². The Bertz CT molecular complexity index is 1570. The molecule has 0 saturated heterocycles. The molecular formula is C37H46N4NiO. The van der Waals surface area contributed by atoms with Crippen LogP contribution < -0.4 is 10.1 Å². The summed E-state index contributed by atoms with van der Waals surface area (Å²) in [5.41, 5.74) is 15.9. The van der Waals surface area contributed by atoms with Crippen LogP contribution in [-0.2, 0) is 29.3 Å². The van der Waals surface area contributed by atoms with Crippen LogP contribution in [0.25, 0.3) is 11.6 Å². The van der Waals surface area contributed by atoms with Crippen molar-refractivity contribution < 1.29 is 21.6 Å². The molecule has 0 aromatic carbocycles. The maximum atomic E-state index is 13.0. The second kappa shape index (κ2) is 13.8. The van der Waals surface area contributed by atoms with Crippen molar-refractivity contribution in [2.24, 2.45) is 26.8 Å². The molecule has 0 N–H and O–H groups in total. The standard InChI is InChI=1S/C37H47N4O.Ni/c1-9-21-23(11-3)32-18-34-25(13-5)27(15-7)36(40-34)29(20-42)37-28(16-8)26(14-6)35(41-37)19-33-24(12-4)22(10-2)31(39-33)17-30(21)38-32;/h17-20,25,27H,9-16H2,1-8H3,(H-,38,39,40,41,42);/q-1;+2/p-1. The Morgan fingerprint density at radius 3 is 1.67 bits per heavy atom. The van der Waals surface area contributed by atoms with Gasteiger partial charge in [-0.1, -0.05) is 72.6 Å². The van der Waals surface area contributed by atoms with E-state index in [1.807, 2.05) is 0 Å². The van der Waals surface area contributed by atoms with Crippen molar-refractivity contribution in [1.29, 1.82) is 0 Å². The van der Waals surface area contributed by atoms with E-state index in [0.717, 1.165) is 109 Å². The van der Waals surface area contributed by atoms with Crippen molar-refractivity contribution in [2.45, 2.75) is 107 Å². The molecule has 1 aromatic heterocycles. The van der Waals surface area contributed by atoms with Gasteiger partial charge in [0.05, 0.1) is 22.8 Å². The first-order chi connectivity index (χ1) is 20.4. The Hall–Kier alpha value is -2.98. The topological polar surface area (TPSA) is 74.2 Å². The van der Waals surface area contributed by atoms with E-state index in [0.29, 0.717) is 5.57 Å². The van der Waals surface area contributed by atoms with E-state index in [1.165, 1.54) is 27.9 Å². The minimum absolute atomic E-state index is 0. The summed E-state index contributed by atoms with van der Waals surface area (Å²) in [6.45, 7) is 17.7. The monoisotopic (exact) mass is 620 g/mol. The van der Waals surface area contributed by atoms with Crippen molar-refractivity contribution in [3.05, 3.63) is 80.3 Å². The normalized spacial score (nSPS) is 22.4. The van der Waals surface area contributed by atoms with E-state index in [-0.39, 0.29) is 28.3 Å². The summed E-state index contributed by atoms with van der Waals surface area (Å²) in [5, 5.41) is 13.0. The molecule has 0 aliphatic carbocycles. The first kappa shape index (κ1) is 32.9. The molecule has 0 radical (unpaired) electrons. The zero-order chi connectivity index (χ0) is 30.1. The fourth-order valence-corrected chi connectivity index (χ4v) is 7.58. The quantitative estimate of drug-likeness (QED) is 0.217. The minimum atomic E-state index is 0. The molecule has 5 heterocycles. The summed E-state index contributed by atoms with van der Waals surface area (Å²) < 4.78 is 0. The van der Waals surface area contributed by atoms with E-state index < -0.39 is 0 Å². The second-order valence-electron chi connectivity index (χ2n) is 11.5. The molecular weight excluding hydrogens is 575 g/mol. The fraction of sp³-hybridized carbons (Fsp3) is 0.486. The van der Waals surface area contributed by atoms with Gasteiger partial charge < -0.3 is 10.1 Å². The van der Waals surface area contributed by atoms with Crippen LogP contribution >= 0.6 is 0 Å². The predicted octanol–water partition coefficient (Wildman–Crippen LogP) is 8.24. The Balaban J connectivity index is 0.00000423. The van der Waals surface area contributed by atoms with E-state index in [4.69, 9.17) is 20.0 Å². The molecule has 230 valence electrons. The van der Waals surface area contributed by atoms with Crippen molar-refractivity contribution in [3.8, 4) is 0 Å². The van der Waals surface area contributed by atoms with Crippen LogP contribution in [-0.4, -0.2) is 17.1 Å². The molecule has 0 spiro atoms. The number of hydrogen-bond donors (Lipinski definition) is 0. The van der Waals surface area contributed by atoms with Crippen molar-refractivity contribution in [2.75, 3.05) is 0 Å². The van der Waals surface area contributed by atoms with Crippen LogP contribution in [0.2, 0.25) is 0 Å². The fourth-order valence-electron chi connectivity index (χ4n) is 7.58. The van der Waals surface area contributed by atoms with Crippen LogP contribution in [0.15, 0.2) is 72.8 Å². The number of nitrogens with zero attached hydrogens (tertiary/aromatic N) is 4. The molecule has 1 aromatic rings. The van der Waals surface area contributed by atoms with E-state index in [1.54, 1.807) is 0 Å². The summed E-state index contributed by atoms with van der Waals surface area (Å²) in [7, 11) is 0. The summed E-state index contributed by atoms with van der Waals surface area (Å²) in [6, 6.07) is 0. The molecule has 4 aliphatic rings. The van der Waals surface area contributed by atoms with Gasteiger partial charge in [0, 0.05) is 23.2 Å². The summed E-state index contributed by atoms with van der Waals surface area (Å²) in [6.07, 6.45) is 14.8. The SMILES string of the molecule is CCC1=C(CC)C2=NC1=Cc1[n-]c(c(CC)c1CC)/C(=C/[O-])C1=NC(=CC3=NC(=C2)C(CC)=C3CC)C(CC)C1CC.[Ni+2]. The summed E-state index contributed by atoms with van der Waals surface area (Å²) >= 11 is 0. The van der Waals surface area contributed by atoms with Crippen LogP contribution in [0.1, 0.15) is 116 Å². The van der Waals surface area contributed by atoms with Crippen LogP contribution in [0.3, 0.4) is 0 Å². The van der Waals surface area contributed by atoms with Crippen molar-refractivity contribution >= 4 is 28.8 Å². The maximum Gasteiger partial charge on any atom is 2.00 e.